The fourth-order valence-corrected chi connectivity index (χ4v) is 9.76. The zero-order valence-corrected chi connectivity index (χ0v) is 35.1. The second-order valence-corrected chi connectivity index (χ2v) is 18.0. The van der Waals surface area contributed by atoms with Crippen LogP contribution in [0.25, 0.3) is 33.4 Å². The topological polar surface area (TPSA) is 160 Å². The maximum atomic E-state index is 13.7. The predicted molar refractivity (Wildman–Crippen MR) is 225 cm³/mol. The first kappa shape index (κ1) is 40.4. The summed E-state index contributed by atoms with van der Waals surface area (Å²) in [6.07, 6.45) is 6.75. The smallest absolute Gasteiger partial charge is 0.324 e. The van der Waals surface area contributed by atoms with Crippen molar-refractivity contribution >= 4 is 46.2 Å². The largest absolute Gasteiger partial charge is 0.464 e. The highest BCUT2D eigenvalue weighted by atomic mass is 32.1. The lowest BCUT2D eigenvalue weighted by Crippen LogP contribution is -2.59. The van der Waals surface area contributed by atoms with Crippen molar-refractivity contribution in [3.8, 4) is 22.5 Å². The standard InChI is InChI=1S/C43H57N9O5S/c1-6-51-37-12-9-27-18-30(37)32(39(51)31-19-29(22-45-38(31)26(2)56-5)50-16-14-49(15-17-50)28-10-11-28)21-43(3,4)24-57-42(55)34-8-7-13-52(48-34)41(54)35(46-25-53)20-33(44)40-47-36(27)23-58-40/h9,12,18-19,22-23,25-26,28,33-35,48H,6-8,10-11,13-17,20-21,24,44H2,1-5H3,(H,46,53)/t26-,33-,34-,35-/m0/s1. The number of nitrogens with one attached hydrogen (secondary N) is 2. The minimum absolute atomic E-state index is 0.142. The molecule has 4 atom stereocenters. The Morgan fingerprint density at radius 1 is 1.14 bits per heavy atom. The number of anilines is 1. The van der Waals surface area contributed by atoms with Gasteiger partial charge in [0.25, 0.3) is 5.91 Å². The van der Waals surface area contributed by atoms with E-state index in [9.17, 15) is 14.4 Å². The van der Waals surface area contributed by atoms with Gasteiger partial charge in [-0.1, -0.05) is 19.9 Å². The van der Waals surface area contributed by atoms with Gasteiger partial charge in [0, 0.05) is 85.2 Å². The molecular formula is C43H57N9O5S. The van der Waals surface area contributed by atoms with Crippen LogP contribution in [0, 0.1) is 5.41 Å². The van der Waals surface area contributed by atoms with Gasteiger partial charge < -0.3 is 30.0 Å². The number of hydrogen-bond acceptors (Lipinski definition) is 12. The van der Waals surface area contributed by atoms with Crippen LogP contribution in [-0.2, 0) is 36.8 Å². The molecule has 8 rings (SSSR count). The summed E-state index contributed by atoms with van der Waals surface area (Å²) in [7, 11) is 1.73. The van der Waals surface area contributed by atoms with E-state index in [1.165, 1.54) is 29.2 Å². The quantitative estimate of drug-likeness (QED) is 0.163. The van der Waals surface area contributed by atoms with Crippen molar-refractivity contribution in [2.24, 2.45) is 11.1 Å². The van der Waals surface area contributed by atoms with Crippen molar-refractivity contribution < 1.29 is 23.9 Å². The average Bonchev–Trinajstić information content (AvgIpc) is 3.89. The van der Waals surface area contributed by atoms with Gasteiger partial charge in [0.1, 0.15) is 17.1 Å². The van der Waals surface area contributed by atoms with E-state index in [1.807, 2.05) is 18.5 Å². The molecule has 3 aliphatic heterocycles. The molecule has 3 fully saturated rings. The number of aromatic nitrogens is 3. The molecule has 6 heterocycles. The van der Waals surface area contributed by atoms with Crippen molar-refractivity contribution in [1.82, 2.24) is 35.2 Å². The van der Waals surface area contributed by atoms with E-state index in [4.69, 9.17) is 25.2 Å². The molecule has 2 amide bonds. The number of benzene rings is 1. The third kappa shape index (κ3) is 8.11. The molecule has 15 heteroatoms. The maximum Gasteiger partial charge on any atom is 0.324 e. The van der Waals surface area contributed by atoms with Gasteiger partial charge in [0.05, 0.1) is 47.7 Å². The molecule has 4 aromatic rings. The highest BCUT2D eigenvalue weighted by molar-refractivity contribution is 7.10. The van der Waals surface area contributed by atoms with Crippen molar-refractivity contribution in [3.63, 3.8) is 0 Å². The van der Waals surface area contributed by atoms with Gasteiger partial charge in [-0.3, -0.25) is 29.3 Å². The first-order valence-electron chi connectivity index (χ1n) is 20.8. The number of esters is 1. The van der Waals surface area contributed by atoms with Crippen molar-refractivity contribution in [2.45, 2.75) is 103 Å². The second-order valence-electron chi connectivity index (χ2n) is 17.1. The SMILES string of the molecule is CCn1c(-c2cc(N3CCN(C4CC4)CC3)cnc2[C@H](C)OC)c2c3cc(ccc31)-c1csc(n1)[C@@H](N)C[C@H](NC=O)C(=O)N1CCC[C@H](N1)C(=O)OCC(C)(C)C2. The summed E-state index contributed by atoms with van der Waals surface area (Å²) in [4.78, 5) is 54.3. The van der Waals surface area contributed by atoms with Crippen LogP contribution in [0.1, 0.15) is 88.2 Å². The van der Waals surface area contributed by atoms with E-state index in [-0.39, 0.29) is 25.0 Å². The molecule has 310 valence electrons. The zero-order valence-electron chi connectivity index (χ0n) is 34.3. The van der Waals surface area contributed by atoms with Gasteiger partial charge in [-0.2, -0.15) is 0 Å². The summed E-state index contributed by atoms with van der Waals surface area (Å²) >= 11 is 1.44. The molecule has 1 saturated carbocycles. The number of cyclic esters (lactones) is 1. The number of pyridine rings is 1. The number of thiazole rings is 1. The highest BCUT2D eigenvalue weighted by Gasteiger charge is 2.36. The number of fused-ring (bicyclic) bond motifs is 6. The van der Waals surface area contributed by atoms with Gasteiger partial charge in [-0.05, 0) is 76.1 Å². The van der Waals surface area contributed by atoms with Crippen LogP contribution in [-0.4, -0.2) is 107 Å². The van der Waals surface area contributed by atoms with Crippen LogP contribution in [0.5, 0.6) is 0 Å². The van der Waals surface area contributed by atoms with Crippen LogP contribution < -0.4 is 21.4 Å². The average molecular weight is 812 g/mol. The fourth-order valence-electron chi connectivity index (χ4n) is 8.91. The van der Waals surface area contributed by atoms with E-state index < -0.39 is 29.5 Å². The molecule has 14 nitrogen and oxygen atoms in total. The summed E-state index contributed by atoms with van der Waals surface area (Å²) in [6.45, 7) is 13.8. The van der Waals surface area contributed by atoms with E-state index in [0.29, 0.717) is 37.2 Å². The Balaban J connectivity index is 1.26. The molecule has 0 spiro atoms. The van der Waals surface area contributed by atoms with Crippen molar-refractivity contribution in [3.05, 3.63) is 52.1 Å². The summed E-state index contributed by atoms with van der Waals surface area (Å²) in [5.74, 6) is -0.773. The third-order valence-electron chi connectivity index (χ3n) is 12.3. The summed E-state index contributed by atoms with van der Waals surface area (Å²) in [6, 6.07) is 7.34. The first-order chi connectivity index (χ1) is 28.0. The molecule has 4 N–H and O–H groups in total. The number of hydrogen-bond donors (Lipinski definition) is 3. The summed E-state index contributed by atoms with van der Waals surface area (Å²) < 4.78 is 14.5. The number of carbonyl (C=O) groups excluding carboxylic acids is 3. The number of aryl methyl sites for hydroxylation is 1. The zero-order chi connectivity index (χ0) is 40.7. The number of piperazine rings is 1. The number of methoxy groups -OCH3 is 1. The van der Waals surface area contributed by atoms with Gasteiger partial charge >= 0.3 is 5.97 Å². The lowest BCUT2D eigenvalue weighted by Gasteiger charge is -2.36. The van der Waals surface area contributed by atoms with E-state index >= 15 is 0 Å². The number of ether oxygens (including phenoxy) is 2. The number of hydrazine groups is 1. The van der Waals surface area contributed by atoms with Crippen molar-refractivity contribution in [1.29, 1.82) is 0 Å². The molecule has 3 aromatic heterocycles. The summed E-state index contributed by atoms with van der Waals surface area (Å²) in [5.41, 5.74) is 17.4. The van der Waals surface area contributed by atoms with Gasteiger partial charge in [-0.25, -0.2) is 10.4 Å². The Morgan fingerprint density at radius 2 is 1.93 bits per heavy atom. The molecule has 0 radical (unpaired) electrons. The van der Waals surface area contributed by atoms with E-state index in [1.54, 1.807) is 7.11 Å². The molecule has 1 aromatic carbocycles. The van der Waals surface area contributed by atoms with Crippen LogP contribution in [0.3, 0.4) is 0 Å². The summed E-state index contributed by atoms with van der Waals surface area (Å²) in [5, 5.41) is 7.84. The number of nitrogens with two attached hydrogens (primary N) is 1. The van der Waals surface area contributed by atoms with Crippen LogP contribution in [0.2, 0.25) is 0 Å². The molecule has 4 aliphatic rings. The van der Waals surface area contributed by atoms with Gasteiger partial charge in [0.2, 0.25) is 6.41 Å². The Bertz CT molecular complexity index is 2160. The number of nitrogens with zero attached hydrogens (tertiary/aromatic N) is 6. The third-order valence-corrected chi connectivity index (χ3v) is 13.3. The lowest BCUT2D eigenvalue weighted by atomic mass is 9.84. The Kier molecular flexibility index (Phi) is 11.6. The molecule has 1 aliphatic carbocycles. The Hall–Kier alpha value is -4.41. The Labute approximate surface area is 344 Å². The van der Waals surface area contributed by atoms with Crippen LogP contribution in [0.15, 0.2) is 35.8 Å². The Morgan fingerprint density at radius 3 is 2.66 bits per heavy atom. The molecule has 58 heavy (non-hydrogen) atoms. The minimum atomic E-state index is -0.902. The fraction of sp³-hybridized carbons (Fsp3) is 0.558. The highest BCUT2D eigenvalue weighted by Crippen LogP contribution is 2.43. The monoisotopic (exact) mass is 811 g/mol. The maximum absolute atomic E-state index is 13.7. The van der Waals surface area contributed by atoms with Crippen molar-refractivity contribution in [2.75, 3.05) is 51.3 Å². The van der Waals surface area contributed by atoms with E-state index in [0.717, 1.165) is 89.1 Å². The molecule has 0 unspecified atom stereocenters. The number of amides is 2. The van der Waals surface area contributed by atoms with Crippen LogP contribution >= 0.6 is 11.3 Å². The first-order valence-corrected chi connectivity index (χ1v) is 21.7. The minimum Gasteiger partial charge on any atom is -0.464 e. The number of carbonyl (C=O) groups is 3. The molecular weight excluding hydrogens is 755 g/mol. The van der Waals surface area contributed by atoms with Crippen LogP contribution in [0.4, 0.5) is 5.69 Å². The van der Waals surface area contributed by atoms with E-state index in [2.05, 4.69) is 70.1 Å². The molecule has 2 saturated heterocycles. The normalized spacial score (nSPS) is 23.9. The lowest BCUT2D eigenvalue weighted by molar-refractivity contribution is -0.155. The predicted octanol–water partition coefficient (Wildman–Crippen LogP) is 4.96. The number of rotatable bonds is 8. The second kappa shape index (κ2) is 16.7. The molecule has 6 bridgehead atoms. The van der Waals surface area contributed by atoms with Gasteiger partial charge in [0.15, 0.2) is 0 Å². The van der Waals surface area contributed by atoms with Gasteiger partial charge in [-0.15, -0.1) is 11.3 Å².